The van der Waals surface area contributed by atoms with Crippen molar-refractivity contribution in [3.05, 3.63) is 89.0 Å². The second kappa shape index (κ2) is 11.9. The Hall–Kier alpha value is -3.78. The van der Waals surface area contributed by atoms with E-state index in [2.05, 4.69) is 4.84 Å². The van der Waals surface area contributed by atoms with Crippen LogP contribution in [0.15, 0.2) is 71.6 Å². The van der Waals surface area contributed by atoms with Crippen LogP contribution in [0.5, 0.6) is 11.5 Å². The van der Waals surface area contributed by atoms with E-state index in [1.807, 2.05) is 0 Å². The minimum absolute atomic E-state index is 0.0484. The smallest absolute Gasteiger partial charge is 0.410 e. The number of nitrogens with zero attached hydrogens (tertiary/aromatic N) is 2. The summed E-state index contributed by atoms with van der Waals surface area (Å²) < 4.78 is 67.5. The molecule has 39 heavy (non-hydrogen) atoms. The first-order valence-corrected chi connectivity index (χ1v) is 13.2. The molecule has 3 aromatic carbocycles. The Morgan fingerprint density at radius 1 is 1.00 bits per heavy atom. The van der Waals surface area contributed by atoms with E-state index >= 15 is 0 Å². The molecular formula is C25H22ClF2N3O7S. The van der Waals surface area contributed by atoms with Crippen LogP contribution in [0.2, 0.25) is 5.02 Å². The van der Waals surface area contributed by atoms with Gasteiger partial charge in [0.1, 0.15) is 18.4 Å². The molecule has 2 N–H and O–H groups in total. The number of hydrogen-bond acceptors (Lipinski definition) is 8. The number of hydrogen-bond donors (Lipinski definition) is 1. The number of rotatable bonds is 7. The minimum atomic E-state index is -4.67. The van der Waals surface area contributed by atoms with Crippen molar-refractivity contribution in [2.24, 2.45) is 5.90 Å². The van der Waals surface area contributed by atoms with E-state index in [1.54, 1.807) is 30.3 Å². The average molecular weight is 582 g/mol. The fraction of sp³-hybridized carbons (Fsp3) is 0.200. The lowest BCUT2D eigenvalue weighted by atomic mass is 10.2. The molecule has 3 aromatic rings. The molecule has 1 aliphatic rings. The van der Waals surface area contributed by atoms with Gasteiger partial charge in [0.05, 0.1) is 11.4 Å². The summed E-state index contributed by atoms with van der Waals surface area (Å²) in [7, 11) is -4.67. The summed E-state index contributed by atoms with van der Waals surface area (Å²) >= 11 is 5.79. The first-order valence-electron chi connectivity index (χ1n) is 11.4. The molecule has 1 saturated heterocycles. The van der Waals surface area contributed by atoms with Gasteiger partial charge in [0.25, 0.3) is 0 Å². The molecule has 0 saturated carbocycles. The van der Waals surface area contributed by atoms with Crippen LogP contribution in [0.25, 0.3) is 0 Å². The Bertz CT molecular complexity index is 1440. The van der Waals surface area contributed by atoms with E-state index in [-0.39, 0.29) is 18.9 Å². The van der Waals surface area contributed by atoms with Crippen molar-refractivity contribution in [3.8, 4) is 11.5 Å². The number of carbonyl (C=O) groups excluding carboxylic acids is 2. The number of ether oxygens (including phenoxy) is 2. The maximum Gasteiger partial charge on any atom is 0.410 e. The zero-order valence-electron chi connectivity index (χ0n) is 20.1. The number of benzene rings is 3. The lowest BCUT2D eigenvalue weighted by Gasteiger charge is -2.38. The van der Waals surface area contributed by atoms with Gasteiger partial charge in [-0.05, 0) is 42.0 Å². The molecule has 14 heteroatoms. The molecule has 0 aliphatic carbocycles. The number of piperazine rings is 1. The summed E-state index contributed by atoms with van der Waals surface area (Å²) in [5.74, 6) is 0.453. The third kappa shape index (κ3) is 6.45. The van der Waals surface area contributed by atoms with Gasteiger partial charge in [0, 0.05) is 18.1 Å². The first kappa shape index (κ1) is 28.2. The van der Waals surface area contributed by atoms with Crippen molar-refractivity contribution in [1.82, 2.24) is 9.21 Å². The highest BCUT2D eigenvalue weighted by molar-refractivity contribution is 7.89. The number of amides is 1. The summed E-state index contributed by atoms with van der Waals surface area (Å²) in [6.07, 6.45) is -0.800. The number of halogens is 3. The quantitative estimate of drug-likeness (QED) is 0.417. The molecule has 0 spiro atoms. The molecule has 1 heterocycles. The van der Waals surface area contributed by atoms with Crippen LogP contribution in [-0.2, 0) is 31.0 Å². The van der Waals surface area contributed by atoms with Gasteiger partial charge >= 0.3 is 12.1 Å². The number of carbonyl (C=O) groups is 2. The molecule has 0 aromatic heterocycles. The molecule has 0 radical (unpaired) electrons. The van der Waals surface area contributed by atoms with Gasteiger partial charge < -0.3 is 19.2 Å². The van der Waals surface area contributed by atoms with Crippen molar-refractivity contribution >= 4 is 33.7 Å². The normalized spacial score (nSPS) is 16.0. The van der Waals surface area contributed by atoms with Crippen molar-refractivity contribution in [1.29, 1.82) is 0 Å². The van der Waals surface area contributed by atoms with Gasteiger partial charge in [-0.25, -0.2) is 26.8 Å². The molecule has 1 fully saturated rings. The second-order valence-corrected chi connectivity index (χ2v) is 10.7. The van der Waals surface area contributed by atoms with Gasteiger partial charge in [-0.15, -0.1) is 0 Å². The Morgan fingerprint density at radius 2 is 1.64 bits per heavy atom. The molecular weight excluding hydrogens is 560 g/mol. The molecule has 4 rings (SSSR count). The Balaban J connectivity index is 1.53. The molecule has 0 unspecified atom stereocenters. The van der Waals surface area contributed by atoms with Gasteiger partial charge in [-0.3, -0.25) is 0 Å². The first-order chi connectivity index (χ1) is 18.6. The summed E-state index contributed by atoms with van der Waals surface area (Å²) in [5, 5.41) is 0.375. The maximum atomic E-state index is 14.8. The Morgan fingerprint density at radius 3 is 2.26 bits per heavy atom. The molecule has 1 aliphatic heterocycles. The van der Waals surface area contributed by atoms with Crippen molar-refractivity contribution in [2.45, 2.75) is 17.5 Å². The Labute approximate surface area is 227 Å². The summed E-state index contributed by atoms with van der Waals surface area (Å²) in [5.41, 5.74) is 0.720. The van der Waals surface area contributed by atoms with E-state index in [0.29, 0.717) is 21.5 Å². The van der Waals surface area contributed by atoms with Crippen LogP contribution >= 0.6 is 11.6 Å². The van der Waals surface area contributed by atoms with E-state index in [9.17, 15) is 26.8 Å². The highest BCUT2D eigenvalue weighted by Gasteiger charge is 2.43. The topological polar surface area (TPSA) is 128 Å². The van der Waals surface area contributed by atoms with Gasteiger partial charge in [-0.1, -0.05) is 41.9 Å². The average Bonchev–Trinajstić information content (AvgIpc) is 2.94. The van der Waals surface area contributed by atoms with Crippen LogP contribution in [0.1, 0.15) is 5.56 Å². The number of nitrogens with two attached hydrogens (primary N) is 1. The fourth-order valence-electron chi connectivity index (χ4n) is 3.84. The van der Waals surface area contributed by atoms with Crippen LogP contribution in [0.4, 0.5) is 13.6 Å². The predicted molar refractivity (Wildman–Crippen MR) is 134 cm³/mol. The Kier molecular flexibility index (Phi) is 8.65. The predicted octanol–water partition coefficient (Wildman–Crippen LogP) is 3.84. The third-order valence-corrected chi connectivity index (χ3v) is 7.93. The second-order valence-electron chi connectivity index (χ2n) is 8.33. The van der Waals surface area contributed by atoms with Gasteiger partial charge in [0.15, 0.2) is 17.4 Å². The fourth-order valence-corrected chi connectivity index (χ4v) is 5.55. The maximum absolute atomic E-state index is 14.8. The van der Waals surface area contributed by atoms with Crippen LogP contribution in [0, 0.1) is 11.6 Å². The van der Waals surface area contributed by atoms with E-state index in [0.717, 1.165) is 10.5 Å². The minimum Gasteiger partial charge on any atom is -0.451 e. The molecule has 1 amide bonds. The lowest BCUT2D eigenvalue weighted by Crippen LogP contribution is -2.59. The van der Waals surface area contributed by atoms with Gasteiger partial charge in [0.2, 0.25) is 10.0 Å². The van der Waals surface area contributed by atoms with Crippen LogP contribution < -0.4 is 10.6 Å². The SMILES string of the molecule is NOC(=O)[C@H]1CN(C(=O)OCc2ccccc2)CCN1S(=O)(=O)c1cc(F)c(Oc2ccc(Cl)cc2)c(F)c1. The van der Waals surface area contributed by atoms with Crippen molar-refractivity contribution < 1.29 is 41.1 Å². The van der Waals surface area contributed by atoms with E-state index < -0.39 is 63.5 Å². The molecule has 1 atom stereocenters. The lowest BCUT2D eigenvalue weighted by molar-refractivity contribution is -0.150. The summed E-state index contributed by atoms with van der Waals surface area (Å²) in [6, 6.07) is 14.0. The van der Waals surface area contributed by atoms with E-state index in [1.165, 1.54) is 24.3 Å². The van der Waals surface area contributed by atoms with E-state index in [4.69, 9.17) is 27.0 Å². The van der Waals surface area contributed by atoms with Crippen LogP contribution in [-0.4, -0.2) is 55.4 Å². The largest absolute Gasteiger partial charge is 0.451 e. The summed E-state index contributed by atoms with van der Waals surface area (Å²) in [4.78, 5) is 29.6. The monoisotopic (exact) mass is 581 g/mol. The van der Waals surface area contributed by atoms with Crippen molar-refractivity contribution in [2.75, 3.05) is 19.6 Å². The van der Waals surface area contributed by atoms with Crippen molar-refractivity contribution in [3.63, 3.8) is 0 Å². The third-order valence-electron chi connectivity index (χ3n) is 5.79. The zero-order valence-corrected chi connectivity index (χ0v) is 21.7. The molecule has 206 valence electrons. The molecule has 10 nitrogen and oxygen atoms in total. The highest BCUT2D eigenvalue weighted by Crippen LogP contribution is 2.32. The zero-order chi connectivity index (χ0) is 28.2. The highest BCUT2D eigenvalue weighted by atomic mass is 35.5. The van der Waals surface area contributed by atoms with Crippen LogP contribution in [0.3, 0.4) is 0 Å². The number of sulfonamides is 1. The summed E-state index contributed by atoms with van der Waals surface area (Å²) in [6.45, 7) is -1.10. The molecule has 0 bridgehead atoms. The standard InChI is InChI=1S/C25H22ClF2N3O7S/c26-17-6-8-18(9-7-17)37-23-20(27)12-19(13-21(23)28)39(34,35)31-11-10-30(14-22(31)24(32)38-29)25(33)36-15-16-4-2-1-3-5-16/h1-9,12-13,22H,10-11,14-15,29H2/t22-/m1/s1. The van der Waals surface area contributed by atoms with Gasteiger partial charge in [-0.2, -0.15) is 10.2 Å².